The van der Waals surface area contributed by atoms with Gasteiger partial charge in [0.15, 0.2) is 0 Å². The van der Waals surface area contributed by atoms with Crippen LogP contribution in [0.15, 0.2) is 0 Å². The van der Waals surface area contributed by atoms with Gasteiger partial charge >= 0.3 is 13.8 Å². The molecule has 0 amide bonds. The number of carbonyl (C=O) groups is 1. The SMILES string of the molecule is CC(=O)OCCOCCOCCOCCOCCOCCOCCOCCOP(=O)(O)O. The van der Waals surface area contributed by atoms with Crippen molar-refractivity contribution in [3.05, 3.63) is 0 Å². The molecule has 0 unspecified atom stereocenters. The van der Waals surface area contributed by atoms with Crippen molar-refractivity contribution in [1.82, 2.24) is 0 Å². The van der Waals surface area contributed by atoms with Crippen LogP contribution in [0.5, 0.6) is 0 Å². The fraction of sp³-hybridized carbons (Fsp3) is 0.944. The summed E-state index contributed by atoms with van der Waals surface area (Å²) < 4.78 is 56.3. The van der Waals surface area contributed by atoms with E-state index in [1.165, 1.54) is 6.92 Å². The first kappa shape index (κ1) is 31.3. The van der Waals surface area contributed by atoms with Gasteiger partial charge in [-0.25, -0.2) is 4.57 Å². The zero-order valence-electron chi connectivity index (χ0n) is 18.6. The third-order valence-electron chi connectivity index (χ3n) is 3.25. The molecule has 32 heavy (non-hydrogen) atoms. The molecule has 0 radical (unpaired) electrons. The average molecular weight is 492 g/mol. The molecule has 0 bridgehead atoms. The molecule has 0 fully saturated rings. The lowest BCUT2D eigenvalue weighted by molar-refractivity contribution is -0.142. The van der Waals surface area contributed by atoms with Gasteiger partial charge in [-0.3, -0.25) is 9.32 Å². The Morgan fingerprint density at radius 2 is 0.781 bits per heavy atom. The number of phosphoric acid groups is 1. The van der Waals surface area contributed by atoms with Crippen LogP contribution in [0.1, 0.15) is 6.92 Å². The van der Waals surface area contributed by atoms with Gasteiger partial charge in [-0.05, 0) is 0 Å². The molecular weight excluding hydrogens is 455 g/mol. The second-order valence-electron chi connectivity index (χ2n) is 5.95. The van der Waals surface area contributed by atoms with Gasteiger partial charge in [-0.15, -0.1) is 0 Å². The number of phosphoric ester groups is 1. The highest BCUT2D eigenvalue weighted by Gasteiger charge is 2.12. The lowest BCUT2D eigenvalue weighted by atomic mass is 10.6. The van der Waals surface area contributed by atoms with Crippen LogP contribution in [0.2, 0.25) is 0 Å². The van der Waals surface area contributed by atoms with Crippen LogP contribution >= 0.6 is 7.82 Å². The highest BCUT2D eigenvalue weighted by Crippen LogP contribution is 2.35. The van der Waals surface area contributed by atoms with E-state index in [0.717, 1.165) is 0 Å². The van der Waals surface area contributed by atoms with Crippen LogP contribution in [0.4, 0.5) is 0 Å². The molecule has 0 heterocycles. The molecule has 0 saturated carbocycles. The normalized spacial score (nSPS) is 11.7. The molecule has 0 aromatic heterocycles. The minimum Gasteiger partial charge on any atom is -0.463 e. The largest absolute Gasteiger partial charge is 0.469 e. The van der Waals surface area contributed by atoms with Gasteiger partial charge < -0.3 is 47.7 Å². The summed E-state index contributed by atoms with van der Waals surface area (Å²) in [5, 5.41) is 0. The van der Waals surface area contributed by atoms with E-state index in [1.54, 1.807) is 0 Å². The topological polar surface area (TPSA) is 158 Å². The number of hydrogen-bond donors (Lipinski definition) is 2. The van der Waals surface area contributed by atoms with Gasteiger partial charge in [0.25, 0.3) is 0 Å². The van der Waals surface area contributed by atoms with Gasteiger partial charge in [0.2, 0.25) is 0 Å². The van der Waals surface area contributed by atoms with Crippen molar-refractivity contribution >= 4 is 13.8 Å². The fourth-order valence-electron chi connectivity index (χ4n) is 1.88. The Hall–Kier alpha value is -0.700. The average Bonchev–Trinajstić information content (AvgIpc) is 2.72. The highest BCUT2D eigenvalue weighted by atomic mass is 31.2. The molecule has 0 aromatic carbocycles. The maximum atomic E-state index is 10.5. The predicted octanol–water partition coefficient (Wildman–Crippen LogP) is -0.225. The summed E-state index contributed by atoms with van der Waals surface area (Å²) in [6.07, 6.45) is 0. The standard InChI is InChI=1S/C18H37O13P/c1-18(19)30-16-14-28-12-10-26-8-6-24-4-2-23-3-5-25-7-9-27-11-13-29-15-17-31-32(20,21)22/h2-17H2,1H3,(H2,20,21,22). The summed E-state index contributed by atoms with van der Waals surface area (Å²) in [6.45, 7) is 6.94. The third kappa shape index (κ3) is 29.3. The minimum absolute atomic E-state index is 0.0776. The molecule has 0 aliphatic rings. The molecule has 0 saturated heterocycles. The molecule has 0 aliphatic heterocycles. The maximum absolute atomic E-state index is 10.5. The zero-order chi connectivity index (χ0) is 23.8. The van der Waals surface area contributed by atoms with Gasteiger partial charge in [-0.1, -0.05) is 0 Å². The van der Waals surface area contributed by atoms with Crippen LogP contribution in [0, 0.1) is 0 Å². The van der Waals surface area contributed by atoms with Crippen molar-refractivity contribution in [2.24, 2.45) is 0 Å². The van der Waals surface area contributed by atoms with Crippen molar-refractivity contribution in [1.29, 1.82) is 0 Å². The monoisotopic (exact) mass is 492 g/mol. The van der Waals surface area contributed by atoms with Crippen LogP contribution in [0.25, 0.3) is 0 Å². The molecule has 2 N–H and O–H groups in total. The summed E-state index contributed by atoms with van der Waals surface area (Å²) in [5.41, 5.74) is 0. The summed E-state index contributed by atoms with van der Waals surface area (Å²) in [7, 11) is -4.43. The van der Waals surface area contributed by atoms with E-state index in [2.05, 4.69) is 4.52 Å². The van der Waals surface area contributed by atoms with Crippen LogP contribution in [-0.4, -0.2) is 121 Å². The Labute approximate surface area is 188 Å². The zero-order valence-corrected chi connectivity index (χ0v) is 19.5. The van der Waals surface area contributed by atoms with Crippen LogP contribution in [-0.2, 0) is 51.8 Å². The molecule has 192 valence electrons. The van der Waals surface area contributed by atoms with E-state index in [-0.39, 0.29) is 25.8 Å². The minimum atomic E-state index is -4.43. The summed E-state index contributed by atoms with van der Waals surface area (Å²) >= 11 is 0. The molecule has 0 aromatic rings. The quantitative estimate of drug-likeness (QED) is 0.0979. The van der Waals surface area contributed by atoms with Crippen molar-refractivity contribution in [2.45, 2.75) is 6.92 Å². The lowest BCUT2D eigenvalue weighted by Crippen LogP contribution is -2.15. The number of rotatable bonds is 25. The fourth-order valence-corrected chi connectivity index (χ4v) is 2.19. The Kier molecular flexibility index (Phi) is 22.9. The molecule has 0 spiro atoms. The summed E-state index contributed by atoms with van der Waals surface area (Å²) in [6, 6.07) is 0. The Morgan fingerprint density at radius 1 is 0.531 bits per heavy atom. The molecule has 13 nitrogen and oxygen atoms in total. The summed E-state index contributed by atoms with van der Waals surface area (Å²) in [5.74, 6) is -0.322. The van der Waals surface area contributed by atoms with Gasteiger partial charge in [-0.2, -0.15) is 0 Å². The van der Waals surface area contributed by atoms with Crippen molar-refractivity contribution < 1.29 is 61.6 Å². The third-order valence-corrected chi connectivity index (χ3v) is 3.77. The Morgan fingerprint density at radius 3 is 1.03 bits per heavy atom. The smallest absolute Gasteiger partial charge is 0.463 e. The first-order valence-electron chi connectivity index (χ1n) is 10.3. The lowest BCUT2D eigenvalue weighted by Gasteiger charge is -2.09. The first-order valence-corrected chi connectivity index (χ1v) is 11.8. The maximum Gasteiger partial charge on any atom is 0.469 e. The van der Waals surface area contributed by atoms with Crippen LogP contribution in [0.3, 0.4) is 0 Å². The van der Waals surface area contributed by atoms with E-state index in [4.69, 9.17) is 47.7 Å². The summed E-state index contributed by atoms with van der Waals surface area (Å²) in [4.78, 5) is 27.5. The van der Waals surface area contributed by atoms with Crippen molar-refractivity contribution in [2.75, 3.05) is 106 Å². The van der Waals surface area contributed by atoms with Crippen molar-refractivity contribution in [3.8, 4) is 0 Å². The number of esters is 1. The van der Waals surface area contributed by atoms with Crippen molar-refractivity contribution in [3.63, 3.8) is 0 Å². The van der Waals surface area contributed by atoms with Crippen LogP contribution < -0.4 is 0 Å². The van der Waals surface area contributed by atoms with E-state index in [0.29, 0.717) is 85.9 Å². The second-order valence-corrected chi connectivity index (χ2v) is 7.19. The molecule has 0 aliphatic carbocycles. The Bertz CT molecular complexity index is 460. The molecule has 0 rings (SSSR count). The molecular formula is C18H37O13P. The molecule has 0 atom stereocenters. The second kappa shape index (κ2) is 23.5. The van der Waals surface area contributed by atoms with Gasteiger partial charge in [0, 0.05) is 6.92 Å². The predicted molar refractivity (Wildman–Crippen MR) is 110 cm³/mol. The number of hydrogen-bond acceptors (Lipinski definition) is 11. The van der Waals surface area contributed by atoms with E-state index in [1.807, 2.05) is 0 Å². The number of ether oxygens (including phenoxy) is 8. The Balaban J connectivity index is 3.05. The van der Waals surface area contributed by atoms with E-state index in [9.17, 15) is 9.36 Å². The highest BCUT2D eigenvalue weighted by molar-refractivity contribution is 7.46. The first-order chi connectivity index (χ1) is 15.4. The number of carbonyl (C=O) groups excluding carboxylic acids is 1. The van der Waals surface area contributed by atoms with Gasteiger partial charge in [0.05, 0.1) is 99.1 Å². The van der Waals surface area contributed by atoms with E-state index >= 15 is 0 Å². The van der Waals surface area contributed by atoms with Gasteiger partial charge in [0.1, 0.15) is 6.61 Å². The molecule has 14 heteroatoms. The van der Waals surface area contributed by atoms with E-state index < -0.39 is 7.82 Å².